The fourth-order valence-corrected chi connectivity index (χ4v) is 2.18. The first-order chi connectivity index (χ1) is 8.52. The molecule has 0 heterocycles. The largest absolute Gasteiger partial charge is 0.325 e. The number of carbonyl (C=O) groups excluding carboxylic acids is 1. The van der Waals surface area contributed by atoms with E-state index in [4.69, 9.17) is 22.6 Å². The Morgan fingerprint density at radius 2 is 2.28 bits per heavy atom. The summed E-state index contributed by atoms with van der Waals surface area (Å²) >= 11 is 5.96. The molecule has 5 heteroatoms. The molecular weight excluding hydrogens is 250 g/mol. The quantitative estimate of drug-likeness (QED) is 0.879. The number of nitriles is 1. The number of anilines is 1. The summed E-state index contributed by atoms with van der Waals surface area (Å²) in [4.78, 5) is 11.8. The van der Waals surface area contributed by atoms with E-state index in [1.807, 2.05) is 6.07 Å². The van der Waals surface area contributed by atoms with Gasteiger partial charge in [-0.1, -0.05) is 11.6 Å². The van der Waals surface area contributed by atoms with Crippen molar-refractivity contribution >= 4 is 23.2 Å². The summed E-state index contributed by atoms with van der Waals surface area (Å²) in [6.07, 6.45) is 3.13. The van der Waals surface area contributed by atoms with Crippen molar-refractivity contribution < 1.29 is 4.79 Å². The lowest BCUT2D eigenvalue weighted by Crippen LogP contribution is -2.48. The van der Waals surface area contributed by atoms with Crippen LogP contribution in [-0.2, 0) is 4.79 Å². The lowest BCUT2D eigenvalue weighted by Gasteiger charge is -2.37. The number of amides is 1. The highest BCUT2D eigenvalue weighted by Crippen LogP contribution is 2.32. The molecule has 1 aromatic carbocycles. The van der Waals surface area contributed by atoms with Crippen molar-refractivity contribution in [3.8, 4) is 6.07 Å². The van der Waals surface area contributed by atoms with Gasteiger partial charge in [-0.05, 0) is 37.5 Å². The molecule has 0 radical (unpaired) electrons. The molecule has 0 atom stereocenters. The fourth-order valence-electron chi connectivity index (χ4n) is 2.01. The number of hydrogen-bond acceptors (Lipinski definition) is 3. The van der Waals surface area contributed by atoms with E-state index >= 15 is 0 Å². The van der Waals surface area contributed by atoms with E-state index in [9.17, 15) is 4.79 Å². The van der Waals surface area contributed by atoms with Gasteiger partial charge in [-0.25, -0.2) is 0 Å². The minimum absolute atomic E-state index is 0.158. The standard InChI is InChI=1S/C13H14ClN3O/c14-10-3-2-9(8-15)6-11(10)17-12(18)7-13(16)4-1-5-13/h2-3,6H,1,4-5,7,16H2,(H,17,18). The van der Waals surface area contributed by atoms with Crippen LogP contribution >= 0.6 is 11.6 Å². The van der Waals surface area contributed by atoms with Crippen LogP contribution in [0.1, 0.15) is 31.2 Å². The van der Waals surface area contributed by atoms with Gasteiger partial charge < -0.3 is 11.1 Å². The summed E-state index contributed by atoms with van der Waals surface area (Å²) < 4.78 is 0. The van der Waals surface area contributed by atoms with Crippen molar-refractivity contribution in [3.63, 3.8) is 0 Å². The molecule has 0 unspecified atom stereocenters. The second kappa shape index (κ2) is 4.97. The number of benzene rings is 1. The Hall–Kier alpha value is -1.57. The van der Waals surface area contributed by atoms with Gasteiger partial charge in [0.25, 0.3) is 0 Å². The van der Waals surface area contributed by atoms with E-state index in [-0.39, 0.29) is 11.4 Å². The van der Waals surface area contributed by atoms with Gasteiger partial charge in [-0.2, -0.15) is 5.26 Å². The summed E-state index contributed by atoms with van der Waals surface area (Å²) in [6.45, 7) is 0. The van der Waals surface area contributed by atoms with Gasteiger partial charge in [-0.3, -0.25) is 4.79 Å². The molecule has 3 N–H and O–H groups in total. The average molecular weight is 264 g/mol. The molecule has 1 aliphatic carbocycles. The van der Waals surface area contributed by atoms with Gasteiger partial charge in [0.2, 0.25) is 5.91 Å². The molecular formula is C13H14ClN3O. The van der Waals surface area contributed by atoms with Gasteiger partial charge in [-0.15, -0.1) is 0 Å². The Bertz CT molecular complexity index is 517. The molecule has 94 valence electrons. The highest BCUT2D eigenvalue weighted by Gasteiger charge is 2.34. The number of carbonyl (C=O) groups is 1. The first-order valence-electron chi connectivity index (χ1n) is 5.81. The highest BCUT2D eigenvalue weighted by molar-refractivity contribution is 6.33. The van der Waals surface area contributed by atoms with Crippen LogP contribution in [0.25, 0.3) is 0 Å². The number of rotatable bonds is 3. The normalized spacial score (nSPS) is 16.5. The van der Waals surface area contributed by atoms with E-state index in [0.29, 0.717) is 22.7 Å². The molecule has 1 aromatic rings. The maximum Gasteiger partial charge on any atom is 0.226 e. The highest BCUT2D eigenvalue weighted by atomic mass is 35.5. The number of hydrogen-bond donors (Lipinski definition) is 2. The smallest absolute Gasteiger partial charge is 0.226 e. The summed E-state index contributed by atoms with van der Waals surface area (Å²) in [5.74, 6) is -0.158. The molecule has 0 spiro atoms. The molecule has 0 saturated heterocycles. The van der Waals surface area contributed by atoms with E-state index in [1.165, 1.54) is 0 Å². The van der Waals surface area contributed by atoms with Crippen molar-refractivity contribution in [1.29, 1.82) is 5.26 Å². The van der Waals surface area contributed by atoms with Crippen molar-refractivity contribution in [2.24, 2.45) is 5.73 Å². The average Bonchev–Trinajstić information content (AvgIpc) is 2.30. The third kappa shape index (κ3) is 2.81. The number of halogens is 1. The van der Waals surface area contributed by atoms with E-state index < -0.39 is 0 Å². The fraction of sp³-hybridized carbons (Fsp3) is 0.385. The molecule has 1 fully saturated rings. The zero-order valence-corrected chi connectivity index (χ0v) is 10.6. The summed E-state index contributed by atoms with van der Waals surface area (Å²) in [6, 6.07) is 6.76. The summed E-state index contributed by atoms with van der Waals surface area (Å²) in [5.41, 5.74) is 6.57. The van der Waals surface area contributed by atoms with Crippen molar-refractivity contribution in [1.82, 2.24) is 0 Å². The molecule has 1 saturated carbocycles. The molecule has 1 amide bonds. The van der Waals surface area contributed by atoms with E-state index in [0.717, 1.165) is 19.3 Å². The zero-order valence-electron chi connectivity index (χ0n) is 9.87. The summed E-state index contributed by atoms with van der Waals surface area (Å²) in [5, 5.41) is 11.9. The van der Waals surface area contributed by atoms with Gasteiger partial charge in [0.15, 0.2) is 0 Å². The Labute approximate surface area is 111 Å². The van der Waals surface area contributed by atoms with Crippen LogP contribution in [0.5, 0.6) is 0 Å². The minimum Gasteiger partial charge on any atom is -0.325 e. The third-order valence-corrected chi connectivity index (χ3v) is 3.56. The van der Waals surface area contributed by atoms with E-state index in [1.54, 1.807) is 18.2 Å². The Balaban J connectivity index is 2.04. The second-order valence-corrected chi connectivity index (χ2v) is 5.15. The van der Waals surface area contributed by atoms with Crippen LogP contribution in [0, 0.1) is 11.3 Å². The van der Waals surface area contributed by atoms with Gasteiger partial charge in [0.05, 0.1) is 22.3 Å². The van der Waals surface area contributed by atoms with Gasteiger partial charge >= 0.3 is 0 Å². The number of nitrogens with one attached hydrogen (secondary N) is 1. The van der Waals surface area contributed by atoms with Crippen LogP contribution < -0.4 is 11.1 Å². The maximum atomic E-state index is 11.8. The van der Waals surface area contributed by atoms with Crippen LogP contribution in [-0.4, -0.2) is 11.4 Å². The van der Waals surface area contributed by atoms with Crippen LogP contribution in [0.2, 0.25) is 5.02 Å². The molecule has 18 heavy (non-hydrogen) atoms. The van der Waals surface area contributed by atoms with Gasteiger partial charge in [0, 0.05) is 12.0 Å². The Kier molecular flexibility index (Phi) is 3.55. The molecule has 1 aliphatic rings. The SMILES string of the molecule is N#Cc1ccc(Cl)c(NC(=O)CC2(N)CCC2)c1. The van der Waals surface area contributed by atoms with Crippen molar-refractivity contribution in [2.75, 3.05) is 5.32 Å². The predicted molar refractivity (Wildman–Crippen MR) is 70.2 cm³/mol. The maximum absolute atomic E-state index is 11.8. The molecule has 0 aromatic heterocycles. The predicted octanol–water partition coefficient (Wildman–Crippen LogP) is 2.42. The lowest BCUT2D eigenvalue weighted by molar-refractivity contribution is -0.118. The number of nitrogens with two attached hydrogens (primary N) is 1. The first-order valence-corrected chi connectivity index (χ1v) is 6.19. The number of nitrogens with zero attached hydrogens (tertiary/aromatic N) is 1. The third-order valence-electron chi connectivity index (χ3n) is 3.23. The van der Waals surface area contributed by atoms with Crippen LogP contribution in [0.3, 0.4) is 0 Å². The van der Waals surface area contributed by atoms with Gasteiger partial charge in [0.1, 0.15) is 0 Å². The van der Waals surface area contributed by atoms with Crippen LogP contribution in [0.15, 0.2) is 18.2 Å². The summed E-state index contributed by atoms with van der Waals surface area (Å²) in [7, 11) is 0. The Morgan fingerprint density at radius 3 is 2.83 bits per heavy atom. The van der Waals surface area contributed by atoms with Crippen LogP contribution in [0.4, 0.5) is 5.69 Å². The van der Waals surface area contributed by atoms with Crippen molar-refractivity contribution in [3.05, 3.63) is 28.8 Å². The molecule has 4 nitrogen and oxygen atoms in total. The molecule has 0 aliphatic heterocycles. The lowest BCUT2D eigenvalue weighted by atomic mass is 9.75. The molecule has 0 bridgehead atoms. The second-order valence-electron chi connectivity index (χ2n) is 4.75. The zero-order chi connectivity index (χ0) is 13.2. The monoisotopic (exact) mass is 263 g/mol. The van der Waals surface area contributed by atoms with Crippen molar-refractivity contribution in [2.45, 2.75) is 31.2 Å². The molecule has 2 rings (SSSR count). The minimum atomic E-state index is -0.358. The Morgan fingerprint density at radius 1 is 1.56 bits per heavy atom. The topological polar surface area (TPSA) is 78.9 Å². The first kappa shape index (κ1) is 12.9. The van der Waals surface area contributed by atoms with E-state index in [2.05, 4.69) is 5.32 Å².